The van der Waals surface area contributed by atoms with Gasteiger partial charge in [-0.05, 0) is 30.9 Å². The highest BCUT2D eigenvalue weighted by molar-refractivity contribution is 5.89. The van der Waals surface area contributed by atoms with E-state index in [1.54, 1.807) is 6.26 Å². The van der Waals surface area contributed by atoms with E-state index in [0.717, 1.165) is 27.7 Å². The van der Waals surface area contributed by atoms with Crippen LogP contribution in [0.25, 0.3) is 11.0 Å². The quantitative estimate of drug-likeness (QED) is 0.779. The highest BCUT2D eigenvalue weighted by Crippen LogP contribution is 2.26. The molecule has 132 valence electrons. The van der Waals surface area contributed by atoms with E-state index in [0.29, 0.717) is 12.5 Å². The van der Waals surface area contributed by atoms with Crippen LogP contribution in [-0.4, -0.2) is 36.9 Å². The molecule has 0 aliphatic heterocycles. The molecule has 2 aromatic rings. The number of ether oxygens (including phenoxy) is 1. The zero-order valence-corrected chi connectivity index (χ0v) is 14.9. The molecule has 0 bridgehead atoms. The minimum absolute atomic E-state index is 0.140. The molecule has 1 aromatic heterocycles. The molecule has 1 aromatic carbocycles. The average molecular weight is 333 g/mol. The first-order valence-electron chi connectivity index (χ1n) is 8.37. The van der Waals surface area contributed by atoms with Gasteiger partial charge in [-0.1, -0.05) is 26.0 Å². The van der Waals surface area contributed by atoms with Crippen LogP contribution in [0.3, 0.4) is 0 Å². The Hall–Kier alpha value is -1.85. The van der Waals surface area contributed by atoms with E-state index in [2.05, 4.69) is 5.32 Å². The van der Waals surface area contributed by atoms with Crippen molar-refractivity contribution in [2.24, 2.45) is 5.92 Å². The molecule has 5 nitrogen and oxygen atoms in total. The van der Waals surface area contributed by atoms with Gasteiger partial charge in [0.2, 0.25) is 5.91 Å². The van der Waals surface area contributed by atoms with Gasteiger partial charge < -0.3 is 19.6 Å². The maximum atomic E-state index is 12.1. The Morgan fingerprint density at radius 3 is 2.75 bits per heavy atom. The zero-order chi connectivity index (χ0) is 17.7. The van der Waals surface area contributed by atoms with E-state index in [1.807, 2.05) is 39.8 Å². The van der Waals surface area contributed by atoms with Crippen LogP contribution in [0.4, 0.5) is 0 Å². The lowest BCUT2D eigenvalue weighted by atomic mass is 10.0. The van der Waals surface area contributed by atoms with Crippen molar-refractivity contribution >= 4 is 16.9 Å². The van der Waals surface area contributed by atoms with Crippen LogP contribution >= 0.6 is 0 Å². The van der Waals surface area contributed by atoms with Crippen molar-refractivity contribution in [2.45, 2.75) is 40.2 Å². The number of rotatable bonds is 8. The molecular formula is C19H27NO4. The molecular weight excluding hydrogens is 306 g/mol. The van der Waals surface area contributed by atoms with Crippen molar-refractivity contribution in [1.82, 2.24) is 5.32 Å². The number of carbonyl (C=O) groups excluding carboxylic acids is 1. The van der Waals surface area contributed by atoms with Crippen LogP contribution in [0.15, 0.2) is 22.8 Å². The van der Waals surface area contributed by atoms with E-state index >= 15 is 0 Å². The van der Waals surface area contributed by atoms with Gasteiger partial charge in [0.05, 0.1) is 25.4 Å². The first-order chi connectivity index (χ1) is 11.4. The Bertz CT molecular complexity index is 690. The molecule has 0 aliphatic rings. The van der Waals surface area contributed by atoms with Crippen LogP contribution in [0.2, 0.25) is 0 Å². The van der Waals surface area contributed by atoms with Gasteiger partial charge in [-0.15, -0.1) is 0 Å². The fourth-order valence-corrected chi connectivity index (χ4v) is 2.49. The predicted octanol–water partition coefficient (Wildman–Crippen LogP) is 2.74. The maximum absolute atomic E-state index is 12.1. The Kier molecular flexibility index (Phi) is 6.40. The molecule has 2 rings (SSSR count). The van der Waals surface area contributed by atoms with E-state index in [-0.39, 0.29) is 25.5 Å². The minimum atomic E-state index is -0.696. The van der Waals surface area contributed by atoms with Crippen LogP contribution in [0, 0.1) is 19.8 Å². The molecule has 1 atom stereocenters. The first kappa shape index (κ1) is 18.5. The fraction of sp³-hybridized carbons (Fsp3) is 0.526. The van der Waals surface area contributed by atoms with Crippen molar-refractivity contribution in [3.05, 3.63) is 35.1 Å². The van der Waals surface area contributed by atoms with Gasteiger partial charge in [0.25, 0.3) is 0 Å². The lowest BCUT2D eigenvalue weighted by molar-refractivity contribution is -0.121. The summed E-state index contributed by atoms with van der Waals surface area (Å²) in [5, 5.41) is 13.5. The first-order valence-corrected chi connectivity index (χ1v) is 8.37. The summed E-state index contributed by atoms with van der Waals surface area (Å²) in [6, 6.07) is 4.02. The number of aliphatic hydroxyl groups is 1. The third-order valence-electron chi connectivity index (χ3n) is 3.99. The zero-order valence-electron chi connectivity index (χ0n) is 14.9. The smallest absolute Gasteiger partial charge is 0.224 e. The number of nitrogens with one attached hydrogen (secondary N) is 1. The van der Waals surface area contributed by atoms with E-state index in [9.17, 15) is 9.90 Å². The van der Waals surface area contributed by atoms with Crippen LogP contribution < -0.4 is 5.32 Å². The SMILES string of the molecule is Cc1ccc2c(CC(=O)NCC(O)COCC(C)C)coc2c1C. The Morgan fingerprint density at radius 1 is 1.29 bits per heavy atom. The number of aliphatic hydroxyl groups excluding tert-OH is 1. The number of aryl methyl sites for hydroxylation is 2. The Labute approximate surface area is 143 Å². The van der Waals surface area contributed by atoms with Crippen LogP contribution in [0.5, 0.6) is 0 Å². The molecule has 0 saturated carbocycles. The second-order valence-electron chi connectivity index (χ2n) is 6.71. The van der Waals surface area contributed by atoms with E-state index in [4.69, 9.17) is 9.15 Å². The molecule has 0 saturated heterocycles. The Balaban J connectivity index is 1.86. The number of hydrogen-bond acceptors (Lipinski definition) is 4. The van der Waals surface area contributed by atoms with Crippen molar-refractivity contribution in [2.75, 3.05) is 19.8 Å². The second kappa shape index (κ2) is 8.31. The van der Waals surface area contributed by atoms with Gasteiger partial charge in [-0.3, -0.25) is 4.79 Å². The summed E-state index contributed by atoms with van der Waals surface area (Å²) in [6.07, 6.45) is 1.17. The van der Waals surface area contributed by atoms with Gasteiger partial charge in [0.1, 0.15) is 5.58 Å². The molecule has 0 spiro atoms. The lowest BCUT2D eigenvalue weighted by Gasteiger charge is -2.13. The molecule has 1 heterocycles. The number of benzene rings is 1. The third kappa shape index (κ3) is 4.82. The summed E-state index contributed by atoms with van der Waals surface area (Å²) in [5.41, 5.74) is 3.95. The summed E-state index contributed by atoms with van der Waals surface area (Å²) < 4.78 is 11.0. The van der Waals surface area contributed by atoms with Gasteiger partial charge >= 0.3 is 0 Å². The van der Waals surface area contributed by atoms with Gasteiger partial charge in [0, 0.05) is 24.1 Å². The summed E-state index contributed by atoms with van der Waals surface area (Å²) in [5.74, 6) is 0.284. The van der Waals surface area contributed by atoms with Gasteiger partial charge in [-0.2, -0.15) is 0 Å². The van der Waals surface area contributed by atoms with Crippen LogP contribution in [-0.2, 0) is 16.0 Å². The van der Waals surface area contributed by atoms with Crippen molar-refractivity contribution in [3.8, 4) is 0 Å². The summed E-state index contributed by atoms with van der Waals surface area (Å²) in [4.78, 5) is 12.1. The molecule has 1 amide bonds. The number of hydrogen-bond donors (Lipinski definition) is 2. The topological polar surface area (TPSA) is 71.7 Å². The van der Waals surface area contributed by atoms with Crippen LogP contribution in [0.1, 0.15) is 30.5 Å². The van der Waals surface area contributed by atoms with Crippen molar-refractivity contribution in [3.63, 3.8) is 0 Å². The average Bonchev–Trinajstić information content (AvgIpc) is 2.92. The largest absolute Gasteiger partial charge is 0.464 e. The standard InChI is InChI=1S/C19H27NO4/c1-12(2)9-23-11-16(21)8-20-18(22)7-15-10-24-19-14(4)13(3)5-6-17(15)19/h5-6,10,12,16,21H,7-9,11H2,1-4H3,(H,20,22). The monoisotopic (exact) mass is 333 g/mol. The fourth-order valence-electron chi connectivity index (χ4n) is 2.49. The number of amides is 1. The number of carbonyl (C=O) groups is 1. The molecule has 24 heavy (non-hydrogen) atoms. The summed E-state index contributed by atoms with van der Waals surface area (Å²) >= 11 is 0. The molecule has 0 radical (unpaired) electrons. The van der Waals surface area contributed by atoms with E-state index in [1.165, 1.54) is 0 Å². The molecule has 2 N–H and O–H groups in total. The highest BCUT2D eigenvalue weighted by atomic mass is 16.5. The second-order valence-corrected chi connectivity index (χ2v) is 6.71. The van der Waals surface area contributed by atoms with E-state index < -0.39 is 6.10 Å². The summed E-state index contributed by atoms with van der Waals surface area (Å²) in [6.45, 7) is 9.16. The third-order valence-corrected chi connectivity index (χ3v) is 3.99. The molecule has 1 unspecified atom stereocenters. The minimum Gasteiger partial charge on any atom is -0.464 e. The van der Waals surface area contributed by atoms with Gasteiger partial charge in [0.15, 0.2) is 0 Å². The number of fused-ring (bicyclic) bond motifs is 1. The Morgan fingerprint density at radius 2 is 2.04 bits per heavy atom. The van der Waals surface area contributed by atoms with Gasteiger partial charge in [-0.25, -0.2) is 0 Å². The highest BCUT2D eigenvalue weighted by Gasteiger charge is 2.14. The lowest BCUT2D eigenvalue weighted by Crippen LogP contribution is -2.35. The maximum Gasteiger partial charge on any atom is 0.224 e. The summed E-state index contributed by atoms with van der Waals surface area (Å²) in [7, 11) is 0. The molecule has 5 heteroatoms. The van der Waals surface area contributed by atoms with Crippen molar-refractivity contribution in [1.29, 1.82) is 0 Å². The molecule has 0 aliphatic carbocycles. The number of furan rings is 1. The molecule has 0 fully saturated rings. The predicted molar refractivity (Wildman–Crippen MR) is 94.1 cm³/mol. The van der Waals surface area contributed by atoms with Crippen molar-refractivity contribution < 1.29 is 19.1 Å². The normalized spacial score (nSPS) is 12.8.